The Morgan fingerprint density at radius 2 is 1.68 bits per heavy atom. The van der Waals surface area contributed by atoms with E-state index in [-0.39, 0.29) is 25.0 Å². The zero-order valence-electron chi connectivity index (χ0n) is 24.4. The molecule has 3 rings (SSSR count). The van der Waals surface area contributed by atoms with Gasteiger partial charge in [-0.3, -0.25) is 9.79 Å². The minimum Gasteiger partial charge on any atom is -0.444 e. The van der Waals surface area contributed by atoms with Crippen molar-refractivity contribution in [1.29, 1.82) is 0 Å². The fourth-order valence-corrected chi connectivity index (χ4v) is 4.99. The molecule has 1 N–H and O–H groups in total. The molecule has 0 spiro atoms. The summed E-state index contributed by atoms with van der Waals surface area (Å²) in [5, 5.41) is 2.47. The van der Waals surface area contributed by atoms with Crippen LogP contribution < -0.4 is 5.32 Å². The maximum atomic E-state index is 15.4. The van der Waals surface area contributed by atoms with Crippen LogP contribution in [0.15, 0.2) is 65.7 Å². The monoisotopic (exact) mass is 572 g/mol. The zero-order chi connectivity index (χ0) is 29.5. The first-order chi connectivity index (χ1) is 18.8. The van der Waals surface area contributed by atoms with Crippen molar-refractivity contribution in [1.82, 2.24) is 15.1 Å². The number of alkyl halides is 2. The summed E-state index contributed by atoms with van der Waals surface area (Å²) >= 11 is 6.07. The quantitative estimate of drug-likeness (QED) is 0.355. The van der Waals surface area contributed by atoms with Crippen LogP contribution in [0.2, 0.25) is 0 Å². The number of benzene rings is 2. The van der Waals surface area contributed by atoms with Crippen molar-refractivity contribution >= 4 is 29.4 Å². The second-order valence-corrected chi connectivity index (χ2v) is 12.5. The molecule has 218 valence electrons. The SMILES string of the molecule is CC(C)(C)OC(=O)NC[C@@H](F)CN(C(=O)CCl)[C@@H](C1=NC(c2ccccc2)CN1Cc1ccccc1)C(C)(C)C. The summed E-state index contributed by atoms with van der Waals surface area (Å²) in [6, 6.07) is 19.4. The van der Waals surface area contributed by atoms with E-state index in [0.29, 0.717) is 13.1 Å². The van der Waals surface area contributed by atoms with E-state index in [9.17, 15) is 9.59 Å². The number of halogens is 2. The molecule has 0 saturated heterocycles. The van der Waals surface area contributed by atoms with Crippen LogP contribution in [0, 0.1) is 5.41 Å². The number of ether oxygens (including phenoxy) is 1. The predicted octanol–water partition coefficient (Wildman–Crippen LogP) is 5.99. The van der Waals surface area contributed by atoms with Crippen LogP contribution in [0.1, 0.15) is 58.7 Å². The molecule has 1 aliphatic heterocycles. The Balaban J connectivity index is 1.93. The average molecular weight is 573 g/mol. The molecule has 2 aromatic rings. The molecular formula is C31H42ClFN4O3. The average Bonchev–Trinajstić information content (AvgIpc) is 3.28. The summed E-state index contributed by atoms with van der Waals surface area (Å²) in [5.74, 6) is 0.0235. The minimum absolute atomic E-state index is 0.132. The van der Waals surface area contributed by atoms with Gasteiger partial charge in [0.25, 0.3) is 0 Å². The Kier molecular flexibility index (Phi) is 10.6. The zero-order valence-corrected chi connectivity index (χ0v) is 25.1. The van der Waals surface area contributed by atoms with E-state index in [1.807, 2.05) is 69.3 Å². The highest BCUT2D eigenvalue weighted by Gasteiger charge is 2.43. The highest BCUT2D eigenvalue weighted by atomic mass is 35.5. The van der Waals surface area contributed by atoms with E-state index in [0.717, 1.165) is 17.0 Å². The maximum Gasteiger partial charge on any atom is 0.407 e. The fraction of sp³-hybridized carbons (Fsp3) is 0.516. The molecule has 7 nitrogen and oxygen atoms in total. The van der Waals surface area contributed by atoms with E-state index in [1.54, 1.807) is 20.8 Å². The number of carbonyl (C=O) groups is 2. The van der Waals surface area contributed by atoms with Crippen LogP contribution in [0.3, 0.4) is 0 Å². The molecular weight excluding hydrogens is 531 g/mol. The van der Waals surface area contributed by atoms with Crippen LogP contribution in [-0.4, -0.2) is 71.0 Å². The van der Waals surface area contributed by atoms with Gasteiger partial charge in [0.15, 0.2) is 0 Å². The molecule has 0 bridgehead atoms. The molecule has 1 aliphatic rings. The topological polar surface area (TPSA) is 74.2 Å². The van der Waals surface area contributed by atoms with E-state index in [2.05, 4.69) is 22.3 Å². The third-order valence-corrected chi connectivity index (χ3v) is 6.71. The summed E-state index contributed by atoms with van der Waals surface area (Å²) in [6.07, 6.45) is -2.25. The molecule has 9 heteroatoms. The smallest absolute Gasteiger partial charge is 0.407 e. The summed E-state index contributed by atoms with van der Waals surface area (Å²) in [4.78, 5) is 34.2. The first kappa shape index (κ1) is 31.4. The van der Waals surface area contributed by atoms with Crippen molar-refractivity contribution < 1.29 is 18.7 Å². The fourth-order valence-electron chi connectivity index (χ4n) is 4.84. The van der Waals surface area contributed by atoms with Crippen molar-refractivity contribution in [3.8, 4) is 0 Å². The molecule has 0 aliphatic carbocycles. The van der Waals surface area contributed by atoms with Gasteiger partial charge in [-0.25, -0.2) is 9.18 Å². The molecule has 0 fully saturated rings. The third kappa shape index (κ3) is 8.95. The Morgan fingerprint density at radius 3 is 2.23 bits per heavy atom. The second-order valence-electron chi connectivity index (χ2n) is 12.2. The largest absolute Gasteiger partial charge is 0.444 e. The molecule has 3 atom stereocenters. The Hall–Kier alpha value is -3.13. The summed E-state index contributed by atoms with van der Waals surface area (Å²) in [6.45, 7) is 11.9. The van der Waals surface area contributed by atoms with E-state index >= 15 is 4.39 Å². The number of carbonyl (C=O) groups excluding carboxylic acids is 2. The van der Waals surface area contributed by atoms with Crippen LogP contribution >= 0.6 is 11.6 Å². The third-order valence-electron chi connectivity index (χ3n) is 6.48. The van der Waals surface area contributed by atoms with Crippen molar-refractivity contribution in [2.45, 2.75) is 71.9 Å². The van der Waals surface area contributed by atoms with Crippen molar-refractivity contribution in [2.24, 2.45) is 10.4 Å². The molecule has 40 heavy (non-hydrogen) atoms. The Morgan fingerprint density at radius 1 is 1.07 bits per heavy atom. The highest BCUT2D eigenvalue weighted by molar-refractivity contribution is 6.27. The van der Waals surface area contributed by atoms with Crippen LogP contribution in [0.5, 0.6) is 0 Å². The lowest BCUT2D eigenvalue weighted by molar-refractivity contribution is -0.132. The van der Waals surface area contributed by atoms with Gasteiger partial charge in [0.1, 0.15) is 23.5 Å². The highest BCUT2D eigenvalue weighted by Crippen LogP contribution is 2.34. The van der Waals surface area contributed by atoms with Crippen molar-refractivity contribution in [3.05, 3.63) is 71.8 Å². The molecule has 1 heterocycles. The van der Waals surface area contributed by atoms with Crippen LogP contribution in [-0.2, 0) is 16.1 Å². The normalized spacial score (nSPS) is 17.1. The van der Waals surface area contributed by atoms with E-state index in [4.69, 9.17) is 21.3 Å². The van der Waals surface area contributed by atoms with Gasteiger partial charge in [-0.1, -0.05) is 81.4 Å². The summed E-state index contributed by atoms with van der Waals surface area (Å²) in [7, 11) is 0. The standard InChI is InChI=1S/C31H42ClFN4O3/c1-30(2,3)27(37(26(38)17-32)20-24(33)18-34-29(39)40-31(4,5)6)28-35-25(23-15-11-8-12-16-23)21-36(28)19-22-13-9-7-10-14-22/h7-16,24-25,27H,17-21H2,1-6H3,(H,34,39)/t24-,25?,27+/m1/s1. The molecule has 2 amide bonds. The van der Waals surface area contributed by atoms with Gasteiger partial charge < -0.3 is 19.9 Å². The second kappa shape index (κ2) is 13.5. The van der Waals surface area contributed by atoms with Crippen molar-refractivity contribution in [2.75, 3.05) is 25.5 Å². The molecule has 1 unspecified atom stereocenters. The first-order valence-electron chi connectivity index (χ1n) is 13.7. The lowest BCUT2D eigenvalue weighted by atomic mass is 9.84. The predicted molar refractivity (Wildman–Crippen MR) is 158 cm³/mol. The van der Waals surface area contributed by atoms with E-state index < -0.39 is 35.2 Å². The molecule has 0 aromatic heterocycles. The van der Waals surface area contributed by atoms with Gasteiger partial charge in [-0.15, -0.1) is 11.6 Å². The number of aliphatic imine (C=N–C) groups is 1. The van der Waals surface area contributed by atoms with Gasteiger partial charge in [0.2, 0.25) is 5.91 Å². The lowest BCUT2D eigenvalue weighted by Crippen LogP contribution is -2.58. The number of hydrogen-bond acceptors (Lipinski definition) is 5. The number of amides is 2. The number of amidine groups is 1. The van der Waals surface area contributed by atoms with Crippen LogP contribution in [0.4, 0.5) is 9.18 Å². The van der Waals surface area contributed by atoms with Gasteiger partial charge in [0, 0.05) is 13.1 Å². The number of alkyl carbamates (subject to hydrolysis) is 1. The van der Waals surface area contributed by atoms with Gasteiger partial charge in [0.05, 0.1) is 25.2 Å². The first-order valence-corrected chi connectivity index (χ1v) is 14.2. The summed E-state index contributed by atoms with van der Waals surface area (Å²) in [5.41, 5.74) is 0.978. The van der Waals surface area contributed by atoms with Gasteiger partial charge in [-0.2, -0.15) is 0 Å². The number of hydrogen-bond donors (Lipinski definition) is 1. The molecule has 0 radical (unpaired) electrons. The minimum atomic E-state index is -1.54. The van der Waals surface area contributed by atoms with Gasteiger partial charge in [-0.05, 0) is 37.3 Å². The lowest BCUT2D eigenvalue weighted by Gasteiger charge is -2.43. The number of nitrogens with one attached hydrogen (secondary N) is 1. The maximum absolute atomic E-state index is 15.4. The number of nitrogens with zero attached hydrogens (tertiary/aromatic N) is 3. The van der Waals surface area contributed by atoms with Gasteiger partial charge >= 0.3 is 6.09 Å². The van der Waals surface area contributed by atoms with E-state index in [1.165, 1.54) is 4.90 Å². The molecule has 2 aromatic carbocycles. The Bertz CT molecular complexity index is 1150. The Labute approximate surface area is 242 Å². The molecule has 0 saturated carbocycles. The number of rotatable bonds is 10. The summed E-state index contributed by atoms with van der Waals surface area (Å²) < 4.78 is 20.6. The van der Waals surface area contributed by atoms with Crippen LogP contribution in [0.25, 0.3) is 0 Å². The van der Waals surface area contributed by atoms with Crippen molar-refractivity contribution in [3.63, 3.8) is 0 Å².